The van der Waals surface area contributed by atoms with Crippen molar-refractivity contribution < 1.29 is 14.3 Å². The van der Waals surface area contributed by atoms with Gasteiger partial charge < -0.3 is 14.7 Å². The predicted molar refractivity (Wildman–Crippen MR) is 93.1 cm³/mol. The first kappa shape index (κ1) is 17.0. The van der Waals surface area contributed by atoms with Crippen LogP contribution in [-0.4, -0.2) is 28.9 Å². The lowest BCUT2D eigenvalue weighted by Crippen LogP contribution is -2.41. The fourth-order valence-corrected chi connectivity index (χ4v) is 2.34. The van der Waals surface area contributed by atoms with Crippen LogP contribution in [-0.2, 0) is 0 Å². The Morgan fingerprint density at radius 1 is 0.885 bits per heavy atom. The first-order valence-electron chi connectivity index (χ1n) is 7.49. The van der Waals surface area contributed by atoms with Crippen molar-refractivity contribution in [1.29, 1.82) is 0 Å². The molecule has 0 aliphatic rings. The number of nitrogens with one attached hydrogen (secondary N) is 4. The Morgan fingerprint density at radius 2 is 1.54 bits per heavy atom. The van der Waals surface area contributed by atoms with E-state index in [1.807, 2.05) is 0 Å². The molecule has 0 radical (unpaired) electrons. The average molecular weight is 354 g/mol. The second-order valence-electron chi connectivity index (χ2n) is 5.28. The maximum atomic E-state index is 12.2. The zero-order valence-electron chi connectivity index (χ0n) is 13.6. The van der Waals surface area contributed by atoms with Crippen LogP contribution in [0.15, 0.2) is 52.1 Å². The number of para-hydroxylation sites is 1. The van der Waals surface area contributed by atoms with Crippen molar-refractivity contribution in [2.24, 2.45) is 0 Å². The van der Waals surface area contributed by atoms with Crippen LogP contribution in [0.4, 0.5) is 0 Å². The Morgan fingerprint density at radius 3 is 2.27 bits per heavy atom. The predicted octanol–water partition coefficient (Wildman–Crippen LogP) is 0.300. The minimum atomic E-state index is -0.820. The third kappa shape index (κ3) is 3.31. The highest BCUT2D eigenvalue weighted by molar-refractivity contribution is 6.01. The van der Waals surface area contributed by atoms with Crippen molar-refractivity contribution in [1.82, 2.24) is 20.8 Å². The van der Waals surface area contributed by atoms with Crippen molar-refractivity contribution in [3.8, 4) is 5.75 Å². The molecule has 0 bridgehead atoms. The minimum Gasteiger partial charge on any atom is -0.496 e. The van der Waals surface area contributed by atoms with Gasteiger partial charge in [0.05, 0.1) is 23.7 Å². The van der Waals surface area contributed by atoms with Gasteiger partial charge in [0.1, 0.15) is 5.75 Å². The molecule has 1 aromatic heterocycles. The molecule has 0 aliphatic carbocycles. The highest BCUT2D eigenvalue weighted by Gasteiger charge is 2.13. The Labute approximate surface area is 146 Å². The Balaban J connectivity index is 1.77. The van der Waals surface area contributed by atoms with Gasteiger partial charge in [0.25, 0.3) is 11.8 Å². The largest absolute Gasteiger partial charge is 0.496 e. The van der Waals surface area contributed by atoms with Crippen LogP contribution in [0.1, 0.15) is 20.7 Å². The lowest BCUT2D eigenvalue weighted by Gasteiger charge is -2.10. The number of carbonyl (C=O) groups excluding carboxylic acids is 2. The fourth-order valence-electron chi connectivity index (χ4n) is 2.34. The van der Waals surface area contributed by atoms with Crippen LogP contribution in [0.5, 0.6) is 5.75 Å². The molecule has 0 saturated heterocycles. The van der Waals surface area contributed by atoms with Gasteiger partial charge in [-0.1, -0.05) is 12.1 Å². The van der Waals surface area contributed by atoms with Gasteiger partial charge in [-0.05, 0) is 30.3 Å². The topological polar surface area (TPSA) is 133 Å². The standard InChI is InChI=1S/C17H14N4O5/c1-26-13-5-3-2-4-10(13)15(23)21-20-14(22)9-6-7-11-12(8-9)19-17(25)16(24)18-11/h2-8H,1H3,(H,18,24)(H,19,25)(H,20,22)(H,21,23). The maximum absolute atomic E-state index is 12.2. The van der Waals surface area contributed by atoms with Crippen molar-refractivity contribution in [2.75, 3.05) is 7.11 Å². The summed E-state index contributed by atoms with van der Waals surface area (Å²) in [4.78, 5) is 51.8. The van der Waals surface area contributed by atoms with Crippen LogP contribution in [0.25, 0.3) is 11.0 Å². The van der Waals surface area contributed by atoms with E-state index in [9.17, 15) is 19.2 Å². The highest BCUT2D eigenvalue weighted by Crippen LogP contribution is 2.16. The van der Waals surface area contributed by atoms with E-state index < -0.39 is 22.9 Å². The average Bonchev–Trinajstić information content (AvgIpc) is 2.66. The number of hydrazine groups is 1. The molecule has 3 rings (SSSR count). The van der Waals surface area contributed by atoms with E-state index in [4.69, 9.17) is 4.74 Å². The van der Waals surface area contributed by atoms with Gasteiger partial charge >= 0.3 is 11.1 Å². The summed E-state index contributed by atoms with van der Waals surface area (Å²) in [5.74, 6) is -0.775. The molecule has 9 nitrogen and oxygen atoms in total. The number of H-pyrrole nitrogens is 2. The van der Waals surface area contributed by atoms with Gasteiger partial charge in [-0.25, -0.2) is 0 Å². The molecule has 2 aromatic carbocycles. The number of aromatic nitrogens is 2. The van der Waals surface area contributed by atoms with E-state index >= 15 is 0 Å². The first-order valence-corrected chi connectivity index (χ1v) is 7.49. The summed E-state index contributed by atoms with van der Waals surface area (Å²) < 4.78 is 5.09. The van der Waals surface area contributed by atoms with Crippen molar-refractivity contribution in [3.05, 3.63) is 74.3 Å². The van der Waals surface area contributed by atoms with Crippen molar-refractivity contribution in [2.45, 2.75) is 0 Å². The zero-order valence-corrected chi connectivity index (χ0v) is 13.6. The second-order valence-corrected chi connectivity index (χ2v) is 5.28. The molecule has 2 amide bonds. The van der Waals surface area contributed by atoms with E-state index in [-0.39, 0.29) is 11.1 Å². The number of methoxy groups -OCH3 is 1. The van der Waals surface area contributed by atoms with Crippen molar-refractivity contribution >= 4 is 22.8 Å². The number of benzene rings is 2. The van der Waals surface area contributed by atoms with Gasteiger partial charge in [-0.2, -0.15) is 0 Å². The number of ether oxygens (including phenoxy) is 1. The van der Waals surface area contributed by atoms with Gasteiger partial charge in [0.2, 0.25) is 0 Å². The van der Waals surface area contributed by atoms with Crippen molar-refractivity contribution in [3.63, 3.8) is 0 Å². The smallest absolute Gasteiger partial charge is 0.314 e. The summed E-state index contributed by atoms with van der Waals surface area (Å²) in [6.07, 6.45) is 0. The normalized spacial score (nSPS) is 10.3. The van der Waals surface area contributed by atoms with Gasteiger partial charge in [0, 0.05) is 5.56 Å². The van der Waals surface area contributed by atoms with E-state index in [2.05, 4.69) is 20.8 Å². The second kappa shape index (κ2) is 6.93. The SMILES string of the molecule is COc1ccccc1C(=O)NNC(=O)c1ccc2[nH]c(=O)c(=O)[nH]c2c1. The molecule has 9 heteroatoms. The summed E-state index contributed by atoms with van der Waals surface area (Å²) in [7, 11) is 1.44. The van der Waals surface area contributed by atoms with Gasteiger partial charge in [-0.15, -0.1) is 0 Å². The Kier molecular flexibility index (Phi) is 4.52. The lowest BCUT2D eigenvalue weighted by molar-refractivity contribution is 0.0845. The van der Waals surface area contributed by atoms with E-state index in [0.717, 1.165) is 0 Å². The third-order valence-electron chi connectivity index (χ3n) is 3.63. The van der Waals surface area contributed by atoms with Crippen LogP contribution in [0.2, 0.25) is 0 Å². The first-order chi connectivity index (χ1) is 12.5. The highest BCUT2D eigenvalue weighted by atomic mass is 16.5. The number of fused-ring (bicyclic) bond motifs is 1. The van der Waals surface area contributed by atoms with E-state index in [1.54, 1.807) is 24.3 Å². The molecule has 0 saturated carbocycles. The molecule has 132 valence electrons. The van der Waals surface area contributed by atoms with Crippen LogP contribution in [0, 0.1) is 0 Å². The molecule has 0 fully saturated rings. The number of aromatic amines is 2. The molecule has 0 atom stereocenters. The monoisotopic (exact) mass is 354 g/mol. The summed E-state index contributed by atoms with van der Waals surface area (Å²) in [5.41, 5.74) is 4.08. The number of carbonyl (C=O) groups is 2. The molecule has 4 N–H and O–H groups in total. The lowest BCUT2D eigenvalue weighted by atomic mass is 10.2. The summed E-state index contributed by atoms with van der Waals surface area (Å²) in [6.45, 7) is 0. The van der Waals surface area contributed by atoms with Crippen LogP contribution >= 0.6 is 0 Å². The number of rotatable bonds is 3. The summed E-state index contributed by atoms with van der Waals surface area (Å²) >= 11 is 0. The molecule has 0 spiro atoms. The molecule has 26 heavy (non-hydrogen) atoms. The molecular weight excluding hydrogens is 340 g/mol. The number of amides is 2. The fraction of sp³-hybridized carbons (Fsp3) is 0.0588. The van der Waals surface area contributed by atoms with Crippen LogP contribution in [0.3, 0.4) is 0 Å². The minimum absolute atomic E-state index is 0.181. The van der Waals surface area contributed by atoms with Crippen LogP contribution < -0.4 is 26.7 Å². The number of hydrogen-bond donors (Lipinski definition) is 4. The quantitative estimate of drug-likeness (QED) is 0.397. The van der Waals surface area contributed by atoms with Gasteiger partial charge in [-0.3, -0.25) is 30.0 Å². The van der Waals surface area contributed by atoms with Gasteiger partial charge in [0.15, 0.2) is 0 Å². The summed E-state index contributed by atoms with van der Waals surface area (Å²) in [5, 5.41) is 0. The molecule has 0 unspecified atom stereocenters. The maximum Gasteiger partial charge on any atom is 0.314 e. The molecular formula is C17H14N4O5. The molecule has 0 aliphatic heterocycles. The third-order valence-corrected chi connectivity index (χ3v) is 3.63. The van der Waals surface area contributed by atoms with E-state index in [0.29, 0.717) is 16.8 Å². The number of hydrogen-bond acceptors (Lipinski definition) is 5. The molecule has 3 aromatic rings. The molecule has 1 heterocycles. The van der Waals surface area contributed by atoms with E-state index in [1.165, 1.54) is 25.3 Å². The summed E-state index contributed by atoms with van der Waals surface area (Å²) in [6, 6.07) is 10.9. The zero-order chi connectivity index (χ0) is 18.7. The Bertz CT molecular complexity index is 1120. The Hall–Kier alpha value is -3.88.